The summed E-state index contributed by atoms with van der Waals surface area (Å²) in [5, 5.41) is 19.7. The molecule has 1 heterocycles. The molecule has 0 atom stereocenters. The molecule has 4 heteroatoms. The largest absolute Gasteiger partial charge is 0.506 e. The van der Waals surface area contributed by atoms with Gasteiger partial charge in [-0.05, 0) is 61.1 Å². The molecule has 0 bridgehead atoms. The first-order valence-electron chi connectivity index (χ1n) is 11.4. The number of rotatable bonds is 12. The van der Waals surface area contributed by atoms with E-state index < -0.39 is 0 Å². The van der Waals surface area contributed by atoms with E-state index in [4.69, 9.17) is 0 Å². The number of nitrogens with zero attached hydrogens (tertiary/aromatic N) is 3. The van der Waals surface area contributed by atoms with Crippen molar-refractivity contribution in [2.24, 2.45) is 0 Å². The van der Waals surface area contributed by atoms with E-state index in [0.717, 1.165) is 23.9 Å². The summed E-state index contributed by atoms with van der Waals surface area (Å²) in [6.07, 6.45) is 13.5. The van der Waals surface area contributed by atoms with Gasteiger partial charge in [0.2, 0.25) is 0 Å². The van der Waals surface area contributed by atoms with Crippen molar-refractivity contribution in [3.8, 4) is 11.4 Å². The number of hydrogen-bond donors (Lipinski definition) is 1. The number of aryl methyl sites for hydroxylation is 2. The van der Waals surface area contributed by atoms with Gasteiger partial charge in [-0.3, -0.25) is 0 Å². The number of aromatic hydroxyl groups is 1. The van der Waals surface area contributed by atoms with Crippen LogP contribution in [0.15, 0.2) is 36.4 Å². The Hall–Kier alpha value is -2.36. The second-order valence-corrected chi connectivity index (χ2v) is 8.11. The molecule has 0 amide bonds. The predicted molar refractivity (Wildman–Crippen MR) is 121 cm³/mol. The van der Waals surface area contributed by atoms with Gasteiger partial charge in [-0.25, -0.2) is 0 Å². The number of fused-ring (bicyclic) bond motifs is 1. The first-order valence-corrected chi connectivity index (χ1v) is 11.4. The fourth-order valence-electron chi connectivity index (χ4n) is 3.78. The molecule has 29 heavy (non-hydrogen) atoms. The Bertz CT molecular complexity index is 900. The number of phenols is 1. The normalized spacial score (nSPS) is 11.4. The SMILES string of the molecule is CCCCCCCCCc1ccc(-n2nc3ccc(CCCC)cc3n2)c(O)c1. The summed E-state index contributed by atoms with van der Waals surface area (Å²) in [6.45, 7) is 4.46. The van der Waals surface area contributed by atoms with Crippen LogP contribution in [0.1, 0.15) is 82.8 Å². The molecular weight excluding hydrogens is 358 g/mol. The van der Waals surface area contributed by atoms with Gasteiger partial charge in [-0.15, -0.1) is 15.0 Å². The predicted octanol–water partition coefficient (Wildman–Crippen LogP) is 6.76. The average Bonchev–Trinajstić information content (AvgIpc) is 3.14. The molecule has 0 unspecified atom stereocenters. The monoisotopic (exact) mass is 393 g/mol. The van der Waals surface area contributed by atoms with Crippen molar-refractivity contribution in [1.82, 2.24) is 15.0 Å². The van der Waals surface area contributed by atoms with E-state index in [1.807, 2.05) is 18.2 Å². The molecule has 2 aromatic carbocycles. The fraction of sp³-hybridized carbons (Fsp3) is 0.520. The van der Waals surface area contributed by atoms with Crippen LogP contribution >= 0.6 is 0 Å². The molecule has 0 saturated heterocycles. The van der Waals surface area contributed by atoms with Crippen LogP contribution in [0.5, 0.6) is 5.75 Å². The fourth-order valence-corrected chi connectivity index (χ4v) is 3.78. The Morgan fingerprint density at radius 3 is 2.07 bits per heavy atom. The maximum Gasteiger partial charge on any atom is 0.143 e. The maximum absolute atomic E-state index is 10.5. The Kier molecular flexibility index (Phi) is 8.09. The Morgan fingerprint density at radius 1 is 0.690 bits per heavy atom. The maximum atomic E-state index is 10.5. The lowest BCUT2D eigenvalue weighted by Crippen LogP contribution is -1.99. The Labute approximate surface area is 175 Å². The van der Waals surface area contributed by atoms with Crippen molar-refractivity contribution in [2.75, 3.05) is 0 Å². The van der Waals surface area contributed by atoms with E-state index >= 15 is 0 Å². The molecule has 3 aromatic rings. The minimum absolute atomic E-state index is 0.247. The highest BCUT2D eigenvalue weighted by molar-refractivity contribution is 5.75. The minimum atomic E-state index is 0.247. The zero-order valence-corrected chi connectivity index (χ0v) is 18.0. The third-order valence-electron chi connectivity index (χ3n) is 5.59. The average molecular weight is 394 g/mol. The molecule has 0 spiro atoms. The summed E-state index contributed by atoms with van der Waals surface area (Å²) in [4.78, 5) is 1.56. The van der Waals surface area contributed by atoms with Crippen LogP contribution in [0.2, 0.25) is 0 Å². The summed E-state index contributed by atoms with van der Waals surface area (Å²) in [7, 11) is 0. The zero-order chi connectivity index (χ0) is 20.5. The second-order valence-electron chi connectivity index (χ2n) is 8.11. The molecule has 1 N–H and O–H groups in total. The van der Waals surface area contributed by atoms with Gasteiger partial charge < -0.3 is 5.11 Å². The first-order chi connectivity index (χ1) is 14.2. The lowest BCUT2D eigenvalue weighted by molar-refractivity contribution is 0.466. The Morgan fingerprint density at radius 2 is 1.31 bits per heavy atom. The van der Waals surface area contributed by atoms with E-state index in [9.17, 15) is 5.11 Å². The van der Waals surface area contributed by atoms with Gasteiger partial charge in [0.05, 0.1) is 0 Å². The molecular formula is C25H35N3O. The zero-order valence-electron chi connectivity index (χ0n) is 18.0. The third kappa shape index (κ3) is 6.06. The van der Waals surface area contributed by atoms with Crippen molar-refractivity contribution >= 4 is 11.0 Å². The van der Waals surface area contributed by atoms with Crippen LogP contribution in [0.25, 0.3) is 16.7 Å². The van der Waals surface area contributed by atoms with Crippen LogP contribution in [0.4, 0.5) is 0 Å². The number of aromatic nitrogens is 3. The Balaban J connectivity index is 1.61. The van der Waals surface area contributed by atoms with Crippen LogP contribution in [0.3, 0.4) is 0 Å². The molecule has 156 valence electrons. The van der Waals surface area contributed by atoms with Crippen LogP contribution < -0.4 is 0 Å². The molecule has 0 fully saturated rings. The molecule has 0 saturated carbocycles. The van der Waals surface area contributed by atoms with E-state index in [1.165, 1.54) is 68.9 Å². The van der Waals surface area contributed by atoms with E-state index in [2.05, 4.69) is 42.2 Å². The molecule has 0 aliphatic carbocycles. The van der Waals surface area contributed by atoms with E-state index in [0.29, 0.717) is 5.69 Å². The number of phenolic OH excluding ortho intramolecular Hbond substituents is 1. The van der Waals surface area contributed by atoms with Gasteiger partial charge in [-0.1, -0.05) is 70.9 Å². The van der Waals surface area contributed by atoms with Crippen molar-refractivity contribution < 1.29 is 5.11 Å². The minimum Gasteiger partial charge on any atom is -0.506 e. The highest BCUT2D eigenvalue weighted by Gasteiger charge is 2.10. The molecule has 0 aliphatic rings. The molecule has 1 aromatic heterocycles. The number of unbranched alkanes of at least 4 members (excludes halogenated alkanes) is 7. The van der Waals surface area contributed by atoms with Crippen molar-refractivity contribution in [3.05, 3.63) is 47.5 Å². The molecule has 0 radical (unpaired) electrons. The van der Waals surface area contributed by atoms with E-state index in [-0.39, 0.29) is 5.75 Å². The van der Waals surface area contributed by atoms with Crippen molar-refractivity contribution in [1.29, 1.82) is 0 Å². The summed E-state index contributed by atoms with van der Waals surface area (Å²) in [5.74, 6) is 0.247. The van der Waals surface area contributed by atoms with Crippen molar-refractivity contribution in [2.45, 2.75) is 84.5 Å². The van der Waals surface area contributed by atoms with E-state index in [1.54, 1.807) is 4.80 Å². The third-order valence-corrected chi connectivity index (χ3v) is 5.59. The summed E-state index contributed by atoms with van der Waals surface area (Å²) in [5.41, 5.74) is 4.85. The molecule has 4 nitrogen and oxygen atoms in total. The van der Waals surface area contributed by atoms with Gasteiger partial charge in [0.25, 0.3) is 0 Å². The summed E-state index contributed by atoms with van der Waals surface area (Å²) < 4.78 is 0. The van der Waals surface area contributed by atoms with Crippen LogP contribution in [0, 0.1) is 0 Å². The highest BCUT2D eigenvalue weighted by atomic mass is 16.3. The van der Waals surface area contributed by atoms with Crippen LogP contribution in [-0.4, -0.2) is 20.1 Å². The van der Waals surface area contributed by atoms with Crippen molar-refractivity contribution in [3.63, 3.8) is 0 Å². The summed E-state index contributed by atoms with van der Waals surface area (Å²) in [6, 6.07) is 12.2. The quantitative estimate of drug-likeness (QED) is 0.346. The number of hydrogen-bond acceptors (Lipinski definition) is 3. The first kappa shape index (κ1) is 21.4. The van der Waals surface area contributed by atoms with Gasteiger partial charge in [0.15, 0.2) is 0 Å². The van der Waals surface area contributed by atoms with Crippen LogP contribution in [-0.2, 0) is 12.8 Å². The molecule has 0 aliphatic heterocycles. The molecule has 3 rings (SSSR count). The second kappa shape index (κ2) is 11.0. The topological polar surface area (TPSA) is 50.9 Å². The standard InChI is InChI=1S/C25H35N3O/c1-3-5-7-8-9-10-11-13-21-15-17-24(25(29)19-21)28-26-22-16-14-20(12-6-4-2)18-23(22)27-28/h14-19,29H,3-13H2,1-2H3. The van der Waals surface area contributed by atoms with Gasteiger partial charge in [-0.2, -0.15) is 0 Å². The van der Waals surface area contributed by atoms with Gasteiger partial charge in [0, 0.05) is 0 Å². The van der Waals surface area contributed by atoms with Gasteiger partial charge >= 0.3 is 0 Å². The highest BCUT2D eigenvalue weighted by Crippen LogP contribution is 2.24. The van der Waals surface area contributed by atoms with Gasteiger partial charge in [0.1, 0.15) is 22.5 Å². The lowest BCUT2D eigenvalue weighted by Gasteiger charge is -2.07. The smallest absolute Gasteiger partial charge is 0.143 e. The lowest BCUT2D eigenvalue weighted by atomic mass is 10.0. The number of benzene rings is 2. The summed E-state index contributed by atoms with van der Waals surface area (Å²) >= 11 is 0.